The molecule has 2 heterocycles. The molecule has 2 aliphatic heterocycles. The first-order valence-electron chi connectivity index (χ1n) is 8.44. The first-order valence-corrected chi connectivity index (χ1v) is 8.81. The quantitative estimate of drug-likeness (QED) is 0.845. The van der Waals surface area contributed by atoms with Gasteiger partial charge < -0.3 is 9.64 Å². The minimum absolute atomic E-state index is 0.208. The summed E-state index contributed by atoms with van der Waals surface area (Å²) >= 11 is 6.16. The van der Waals surface area contributed by atoms with Crippen LogP contribution in [0.1, 0.15) is 38.2 Å². The number of amides is 1. The van der Waals surface area contributed by atoms with Gasteiger partial charge >= 0.3 is 0 Å². The molecular formula is C18H25ClN2O2. The summed E-state index contributed by atoms with van der Waals surface area (Å²) in [5.74, 6) is 1.09. The molecule has 1 amide bonds. The fraction of sp³-hybridized carbons (Fsp3) is 0.611. The number of hydrogen-bond donors (Lipinski definition) is 0. The number of likely N-dealkylation sites (tertiary alicyclic amines) is 2. The lowest BCUT2D eigenvalue weighted by Gasteiger charge is -2.34. The van der Waals surface area contributed by atoms with Gasteiger partial charge in [-0.1, -0.05) is 11.6 Å². The van der Waals surface area contributed by atoms with Gasteiger partial charge in [-0.3, -0.25) is 9.69 Å². The number of carbonyl (C=O) groups is 1. The van der Waals surface area contributed by atoms with Crippen molar-refractivity contribution in [3.63, 3.8) is 0 Å². The number of rotatable bonds is 4. The summed E-state index contributed by atoms with van der Waals surface area (Å²) in [6.07, 6.45) is 4.59. The van der Waals surface area contributed by atoms with Gasteiger partial charge in [0, 0.05) is 42.7 Å². The minimum Gasteiger partial charge on any atom is -0.496 e. The smallest absolute Gasteiger partial charge is 0.219 e. The summed E-state index contributed by atoms with van der Waals surface area (Å²) in [4.78, 5) is 16.5. The van der Waals surface area contributed by atoms with Gasteiger partial charge in [0.2, 0.25) is 5.91 Å². The van der Waals surface area contributed by atoms with Crippen LogP contribution in [0.25, 0.3) is 0 Å². The number of halogens is 1. The van der Waals surface area contributed by atoms with E-state index in [4.69, 9.17) is 16.3 Å². The van der Waals surface area contributed by atoms with E-state index in [1.54, 1.807) is 14.0 Å². The highest BCUT2D eigenvalue weighted by Gasteiger charge is 2.38. The molecule has 4 nitrogen and oxygen atoms in total. The second-order valence-electron chi connectivity index (χ2n) is 6.56. The average molecular weight is 337 g/mol. The standard InChI is InChI=1S/C18H25ClN2O2/c1-13(22)21-10-4-6-17(21)16-5-3-9-20(16)12-14-11-15(19)7-8-18(14)23-2/h7-8,11,16-17H,3-6,9-10,12H2,1-2H3. The fourth-order valence-electron chi connectivity index (χ4n) is 4.16. The van der Waals surface area contributed by atoms with Crippen LogP contribution in [0.2, 0.25) is 5.02 Å². The summed E-state index contributed by atoms with van der Waals surface area (Å²) in [6, 6.07) is 6.60. The number of carbonyl (C=O) groups excluding carboxylic acids is 1. The summed E-state index contributed by atoms with van der Waals surface area (Å²) < 4.78 is 5.48. The first kappa shape index (κ1) is 16.6. The van der Waals surface area contributed by atoms with Gasteiger partial charge in [-0.2, -0.15) is 0 Å². The Labute approximate surface area is 143 Å². The Bertz CT molecular complexity index is 578. The SMILES string of the molecule is COc1ccc(Cl)cc1CN1CCCC1C1CCCN1C(C)=O. The predicted molar refractivity (Wildman–Crippen MR) is 91.8 cm³/mol. The molecule has 2 atom stereocenters. The van der Waals surface area contributed by atoms with Crippen molar-refractivity contribution in [1.82, 2.24) is 9.80 Å². The summed E-state index contributed by atoms with van der Waals surface area (Å²) in [6.45, 7) is 4.50. The van der Waals surface area contributed by atoms with E-state index in [9.17, 15) is 4.79 Å². The molecule has 0 aliphatic carbocycles. The Balaban J connectivity index is 1.77. The highest BCUT2D eigenvalue weighted by Crippen LogP contribution is 2.33. The number of nitrogens with zero attached hydrogens (tertiary/aromatic N) is 2. The van der Waals surface area contributed by atoms with Crippen LogP contribution in [-0.4, -0.2) is 48.0 Å². The molecule has 0 spiro atoms. The van der Waals surface area contributed by atoms with Crippen molar-refractivity contribution in [1.29, 1.82) is 0 Å². The van der Waals surface area contributed by atoms with Crippen LogP contribution in [0.3, 0.4) is 0 Å². The van der Waals surface area contributed by atoms with Gasteiger partial charge in [0.05, 0.1) is 7.11 Å². The van der Waals surface area contributed by atoms with Crippen LogP contribution in [-0.2, 0) is 11.3 Å². The van der Waals surface area contributed by atoms with E-state index >= 15 is 0 Å². The minimum atomic E-state index is 0.208. The number of benzene rings is 1. The van der Waals surface area contributed by atoms with Gasteiger partial charge in [0.25, 0.3) is 0 Å². The summed E-state index contributed by atoms with van der Waals surface area (Å²) in [5, 5.41) is 0.739. The lowest BCUT2D eigenvalue weighted by atomic mass is 10.0. The van der Waals surface area contributed by atoms with E-state index in [0.717, 1.165) is 55.2 Å². The van der Waals surface area contributed by atoms with Crippen molar-refractivity contribution >= 4 is 17.5 Å². The fourth-order valence-corrected chi connectivity index (χ4v) is 4.35. The van der Waals surface area contributed by atoms with Crippen molar-refractivity contribution in [2.75, 3.05) is 20.2 Å². The normalized spacial score (nSPS) is 25.1. The average Bonchev–Trinajstić information content (AvgIpc) is 3.15. The van der Waals surface area contributed by atoms with E-state index in [1.807, 2.05) is 18.2 Å². The van der Waals surface area contributed by atoms with Crippen LogP contribution < -0.4 is 4.74 Å². The molecule has 0 saturated carbocycles. The van der Waals surface area contributed by atoms with Crippen molar-refractivity contribution in [3.8, 4) is 5.75 Å². The molecule has 2 fully saturated rings. The van der Waals surface area contributed by atoms with E-state index < -0.39 is 0 Å². The molecule has 23 heavy (non-hydrogen) atoms. The molecule has 2 aliphatic rings. The van der Waals surface area contributed by atoms with Gasteiger partial charge in [-0.15, -0.1) is 0 Å². The largest absolute Gasteiger partial charge is 0.496 e. The zero-order valence-electron chi connectivity index (χ0n) is 13.9. The molecule has 3 rings (SSSR count). The molecule has 0 N–H and O–H groups in total. The van der Waals surface area contributed by atoms with Crippen molar-refractivity contribution < 1.29 is 9.53 Å². The predicted octanol–water partition coefficient (Wildman–Crippen LogP) is 3.32. The van der Waals surface area contributed by atoms with E-state index in [-0.39, 0.29) is 5.91 Å². The lowest BCUT2D eigenvalue weighted by molar-refractivity contribution is -0.130. The molecule has 0 radical (unpaired) electrons. The maximum atomic E-state index is 11.9. The van der Waals surface area contributed by atoms with Crippen LogP contribution in [0.5, 0.6) is 5.75 Å². The monoisotopic (exact) mass is 336 g/mol. The second kappa shape index (κ2) is 7.10. The van der Waals surface area contributed by atoms with Crippen LogP contribution in [0, 0.1) is 0 Å². The molecule has 0 aromatic heterocycles. The maximum absolute atomic E-state index is 11.9. The number of hydrogen-bond acceptors (Lipinski definition) is 3. The molecular weight excluding hydrogens is 312 g/mol. The topological polar surface area (TPSA) is 32.8 Å². The Morgan fingerprint density at radius 3 is 2.74 bits per heavy atom. The zero-order chi connectivity index (χ0) is 16.4. The van der Waals surface area contributed by atoms with Crippen LogP contribution in [0.4, 0.5) is 0 Å². The Morgan fingerprint density at radius 2 is 2.00 bits per heavy atom. The highest BCUT2D eigenvalue weighted by molar-refractivity contribution is 6.30. The Kier molecular flexibility index (Phi) is 5.12. The van der Waals surface area contributed by atoms with Crippen LogP contribution >= 0.6 is 11.6 Å². The molecule has 0 bridgehead atoms. The van der Waals surface area contributed by atoms with E-state index in [2.05, 4.69) is 9.80 Å². The third-order valence-corrected chi connectivity index (χ3v) is 5.41. The van der Waals surface area contributed by atoms with Gasteiger partial charge in [0.1, 0.15) is 5.75 Å². The lowest BCUT2D eigenvalue weighted by Crippen LogP contribution is -2.47. The summed E-state index contributed by atoms with van der Waals surface area (Å²) in [7, 11) is 1.70. The Hall–Kier alpha value is -1.26. The molecule has 5 heteroatoms. The number of ether oxygens (including phenoxy) is 1. The van der Waals surface area contributed by atoms with Gasteiger partial charge in [-0.25, -0.2) is 0 Å². The number of methoxy groups -OCH3 is 1. The third kappa shape index (κ3) is 3.48. The molecule has 126 valence electrons. The third-order valence-electron chi connectivity index (χ3n) is 5.18. The molecule has 1 aromatic carbocycles. The zero-order valence-corrected chi connectivity index (χ0v) is 14.7. The van der Waals surface area contributed by atoms with E-state index in [1.165, 1.54) is 6.42 Å². The Morgan fingerprint density at radius 1 is 1.26 bits per heavy atom. The van der Waals surface area contributed by atoms with Crippen molar-refractivity contribution in [2.24, 2.45) is 0 Å². The van der Waals surface area contributed by atoms with Gasteiger partial charge in [-0.05, 0) is 50.4 Å². The maximum Gasteiger partial charge on any atom is 0.219 e. The van der Waals surface area contributed by atoms with Crippen molar-refractivity contribution in [3.05, 3.63) is 28.8 Å². The van der Waals surface area contributed by atoms with Crippen molar-refractivity contribution in [2.45, 2.75) is 51.2 Å². The second-order valence-corrected chi connectivity index (χ2v) is 6.99. The first-order chi connectivity index (χ1) is 11.1. The highest BCUT2D eigenvalue weighted by atomic mass is 35.5. The van der Waals surface area contributed by atoms with E-state index in [0.29, 0.717) is 12.1 Å². The summed E-state index contributed by atoms with van der Waals surface area (Å²) in [5.41, 5.74) is 1.12. The van der Waals surface area contributed by atoms with Gasteiger partial charge in [0.15, 0.2) is 0 Å². The molecule has 1 aromatic rings. The molecule has 2 saturated heterocycles. The molecule has 2 unspecified atom stereocenters. The van der Waals surface area contributed by atoms with Crippen LogP contribution in [0.15, 0.2) is 18.2 Å².